The highest BCUT2D eigenvalue weighted by Crippen LogP contribution is 2.41. The average Bonchev–Trinajstić information content (AvgIpc) is 3.29. The van der Waals surface area contributed by atoms with Crippen molar-refractivity contribution in [1.82, 2.24) is 14.8 Å². The van der Waals surface area contributed by atoms with Crippen molar-refractivity contribution < 1.29 is 9.26 Å². The summed E-state index contributed by atoms with van der Waals surface area (Å²) >= 11 is 1.68. The predicted molar refractivity (Wildman–Crippen MR) is 129 cm³/mol. The van der Waals surface area contributed by atoms with Gasteiger partial charge in [0.25, 0.3) is 0 Å². The number of hydrogen-bond donors (Lipinski definition) is 0. The van der Waals surface area contributed by atoms with Gasteiger partial charge in [0.1, 0.15) is 10.8 Å². The molecule has 1 saturated carbocycles. The quantitative estimate of drug-likeness (QED) is 0.320. The number of benzene rings is 1. The molecule has 3 heterocycles. The fourth-order valence-corrected chi connectivity index (χ4v) is 5.03. The first-order valence-corrected chi connectivity index (χ1v) is 12.2. The fourth-order valence-electron chi connectivity index (χ4n) is 4.44. The number of ether oxygens (including phenoxy) is 1. The van der Waals surface area contributed by atoms with Gasteiger partial charge in [-0.3, -0.25) is 0 Å². The number of thioether (sulfide) groups is 1. The van der Waals surface area contributed by atoms with Crippen LogP contribution in [0.2, 0.25) is 0 Å². The van der Waals surface area contributed by atoms with Gasteiger partial charge in [0.15, 0.2) is 5.76 Å². The van der Waals surface area contributed by atoms with Crippen LogP contribution in [0.15, 0.2) is 52.1 Å². The van der Waals surface area contributed by atoms with Crippen molar-refractivity contribution in [2.24, 2.45) is 5.92 Å². The standard InChI is InChI=1S/C25H28N4O2S/c1-16-12-17(2)23(22(13-16)30-3)20-6-5-7-21-24(25(32-4)27-29(20)21)28(14-18-8-9-18)15-19-10-11-26-31-19/h5-7,10-13,18H,8-9,14-15H2,1-4H3. The molecule has 0 unspecified atom stereocenters. The third kappa shape index (κ3) is 3.86. The molecule has 32 heavy (non-hydrogen) atoms. The zero-order valence-electron chi connectivity index (χ0n) is 19.0. The second kappa shape index (κ2) is 8.54. The highest BCUT2D eigenvalue weighted by atomic mass is 32.2. The molecule has 1 fully saturated rings. The summed E-state index contributed by atoms with van der Waals surface area (Å²) in [7, 11) is 1.73. The Morgan fingerprint density at radius 2 is 2.06 bits per heavy atom. The van der Waals surface area contributed by atoms with Gasteiger partial charge in [0, 0.05) is 18.2 Å². The molecular formula is C25H28N4O2S. The summed E-state index contributed by atoms with van der Waals surface area (Å²) in [4.78, 5) is 2.41. The van der Waals surface area contributed by atoms with E-state index >= 15 is 0 Å². The first-order chi connectivity index (χ1) is 15.6. The van der Waals surface area contributed by atoms with Gasteiger partial charge in [-0.05, 0) is 68.2 Å². The summed E-state index contributed by atoms with van der Waals surface area (Å²) in [5.41, 5.74) is 6.72. The second-order valence-corrected chi connectivity index (χ2v) is 9.32. The highest BCUT2D eigenvalue weighted by molar-refractivity contribution is 7.98. The fraction of sp³-hybridized carbons (Fsp3) is 0.360. The maximum absolute atomic E-state index is 5.78. The van der Waals surface area contributed by atoms with Crippen molar-refractivity contribution in [2.75, 3.05) is 24.8 Å². The zero-order chi connectivity index (χ0) is 22.2. The van der Waals surface area contributed by atoms with Crippen molar-refractivity contribution in [1.29, 1.82) is 0 Å². The van der Waals surface area contributed by atoms with Gasteiger partial charge in [-0.15, -0.1) is 11.8 Å². The predicted octanol–water partition coefficient (Wildman–Crippen LogP) is 5.75. The number of nitrogens with zero attached hydrogens (tertiary/aromatic N) is 4. The normalized spacial score (nSPS) is 13.6. The SMILES string of the molecule is COc1cc(C)cc(C)c1-c1cccc2c(N(Cc3ccno3)CC3CC3)c(SC)nn12. The largest absolute Gasteiger partial charge is 0.496 e. The Morgan fingerprint density at radius 3 is 2.75 bits per heavy atom. The Kier molecular flexibility index (Phi) is 5.59. The maximum atomic E-state index is 5.78. The first kappa shape index (κ1) is 20.9. The molecule has 0 spiro atoms. The van der Waals surface area contributed by atoms with E-state index in [9.17, 15) is 0 Å². The van der Waals surface area contributed by atoms with Crippen molar-refractivity contribution in [2.45, 2.75) is 38.3 Å². The van der Waals surface area contributed by atoms with Crippen LogP contribution in [-0.2, 0) is 6.54 Å². The van der Waals surface area contributed by atoms with Crippen LogP contribution in [0.25, 0.3) is 16.8 Å². The zero-order valence-corrected chi connectivity index (χ0v) is 19.8. The van der Waals surface area contributed by atoms with Crippen LogP contribution in [0.5, 0.6) is 5.75 Å². The minimum absolute atomic E-state index is 0.683. The van der Waals surface area contributed by atoms with Crippen molar-refractivity contribution in [3.05, 3.63) is 59.5 Å². The van der Waals surface area contributed by atoms with Gasteiger partial charge in [-0.2, -0.15) is 5.10 Å². The van der Waals surface area contributed by atoms with Crippen LogP contribution in [0.3, 0.4) is 0 Å². The number of hydrogen-bond acceptors (Lipinski definition) is 6. The van der Waals surface area contributed by atoms with Gasteiger partial charge < -0.3 is 14.2 Å². The smallest absolute Gasteiger partial charge is 0.155 e. The molecular weight excluding hydrogens is 420 g/mol. The maximum Gasteiger partial charge on any atom is 0.155 e. The molecule has 0 amide bonds. The Bertz CT molecular complexity index is 1240. The average molecular weight is 449 g/mol. The van der Waals surface area contributed by atoms with Gasteiger partial charge in [0.05, 0.1) is 36.7 Å². The summed E-state index contributed by atoms with van der Waals surface area (Å²) in [6.07, 6.45) is 6.37. The summed E-state index contributed by atoms with van der Waals surface area (Å²) in [6.45, 7) is 5.90. The molecule has 6 nitrogen and oxygen atoms in total. The Hall–Kier alpha value is -2.93. The molecule has 5 rings (SSSR count). The Labute approximate surface area is 192 Å². The van der Waals surface area contributed by atoms with Crippen molar-refractivity contribution >= 4 is 23.0 Å². The molecule has 1 aliphatic carbocycles. The van der Waals surface area contributed by atoms with Gasteiger partial charge >= 0.3 is 0 Å². The Balaban J connectivity index is 1.68. The van der Waals surface area contributed by atoms with E-state index < -0.39 is 0 Å². The van der Waals surface area contributed by atoms with E-state index in [1.807, 2.05) is 6.07 Å². The number of pyridine rings is 1. The topological polar surface area (TPSA) is 55.8 Å². The first-order valence-electron chi connectivity index (χ1n) is 10.9. The van der Waals surface area contributed by atoms with Crippen LogP contribution in [0, 0.1) is 19.8 Å². The molecule has 0 saturated heterocycles. The lowest BCUT2D eigenvalue weighted by Gasteiger charge is -2.23. The van der Waals surface area contributed by atoms with Gasteiger partial charge in [0.2, 0.25) is 0 Å². The number of methoxy groups -OCH3 is 1. The van der Waals surface area contributed by atoms with E-state index in [0.717, 1.165) is 51.5 Å². The van der Waals surface area contributed by atoms with E-state index in [1.54, 1.807) is 25.1 Å². The second-order valence-electron chi connectivity index (χ2n) is 8.53. The third-order valence-electron chi connectivity index (χ3n) is 6.04. The number of aryl methyl sites for hydroxylation is 2. The number of rotatable bonds is 8. The van der Waals surface area contributed by atoms with Gasteiger partial charge in [-0.25, -0.2) is 4.52 Å². The van der Waals surface area contributed by atoms with Crippen LogP contribution in [-0.4, -0.2) is 34.7 Å². The van der Waals surface area contributed by atoms with E-state index in [4.69, 9.17) is 14.4 Å². The lowest BCUT2D eigenvalue weighted by molar-refractivity contribution is 0.380. The summed E-state index contributed by atoms with van der Waals surface area (Å²) in [6, 6.07) is 12.6. The highest BCUT2D eigenvalue weighted by Gasteiger charge is 2.29. The van der Waals surface area contributed by atoms with E-state index in [2.05, 4.69) is 65.0 Å². The molecule has 4 aromatic rings. The molecule has 166 valence electrons. The van der Waals surface area contributed by atoms with Crippen molar-refractivity contribution in [3.8, 4) is 17.0 Å². The summed E-state index contributed by atoms with van der Waals surface area (Å²) in [5.74, 6) is 2.46. The van der Waals surface area contributed by atoms with E-state index in [1.165, 1.54) is 24.0 Å². The van der Waals surface area contributed by atoms with Gasteiger partial charge in [-0.1, -0.05) is 17.3 Å². The summed E-state index contributed by atoms with van der Waals surface area (Å²) < 4.78 is 13.3. The number of fused-ring (bicyclic) bond motifs is 1. The van der Waals surface area contributed by atoms with E-state index in [-0.39, 0.29) is 0 Å². The molecule has 1 aromatic carbocycles. The van der Waals surface area contributed by atoms with E-state index in [0.29, 0.717) is 6.54 Å². The summed E-state index contributed by atoms with van der Waals surface area (Å²) in [5, 5.41) is 9.98. The Morgan fingerprint density at radius 1 is 1.22 bits per heavy atom. The van der Waals surface area contributed by atoms with Crippen molar-refractivity contribution in [3.63, 3.8) is 0 Å². The van der Waals surface area contributed by atoms with Crippen LogP contribution in [0.4, 0.5) is 5.69 Å². The minimum Gasteiger partial charge on any atom is -0.496 e. The minimum atomic E-state index is 0.683. The molecule has 0 N–H and O–H groups in total. The van der Waals surface area contributed by atoms with Crippen LogP contribution >= 0.6 is 11.8 Å². The molecule has 1 aliphatic rings. The molecule has 0 aliphatic heterocycles. The molecule has 0 radical (unpaired) electrons. The molecule has 3 aromatic heterocycles. The lowest BCUT2D eigenvalue weighted by Crippen LogP contribution is -2.25. The molecule has 0 bridgehead atoms. The van der Waals surface area contributed by atoms with Crippen LogP contribution in [0.1, 0.15) is 29.7 Å². The number of anilines is 1. The molecule has 7 heteroatoms. The monoisotopic (exact) mass is 448 g/mol. The third-order valence-corrected chi connectivity index (χ3v) is 6.71. The molecule has 0 atom stereocenters. The lowest BCUT2D eigenvalue weighted by atomic mass is 10.0. The number of aromatic nitrogens is 3. The van der Waals surface area contributed by atoms with Crippen LogP contribution < -0.4 is 9.64 Å².